The van der Waals surface area contributed by atoms with Crippen molar-refractivity contribution >= 4 is 35.1 Å². The van der Waals surface area contributed by atoms with Crippen LogP contribution in [-0.2, 0) is 0 Å². The zero-order valence-electron chi connectivity index (χ0n) is 18.1. The zero-order chi connectivity index (χ0) is 23.7. The third-order valence-corrected chi connectivity index (χ3v) is 5.79. The molecular formula is C25H19ClFN5O2. The molecular weight excluding hydrogens is 457 g/mol. The Morgan fingerprint density at radius 2 is 1.76 bits per heavy atom. The van der Waals surface area contributed by atoms with Crippen LogP contribution in [-0.4, -0.2) is 33.5 Å². The number of nitrogens with one attached hydrogen (secondary N) is 1. The smallest absolute Gasteiger partial charge is 0.258 e. The number of anilines is 1. The summed E-state index contributed by atoms with van der Waals surface area (Å²) < 4.78 is 20.3. The number of fused-ring (bicyclic) bond motifs is 1. The van der Waals surface area contributed by atoms with Crippen molar-refractivity contribution in [2.24, 2.45) is 4.99 Å². The van der Waals surface area contributed by atoms with Crippen molar-refractivity contribution in [2.75, 3.05) is 12.4 Å². The standard InChI is InChI=1S/C25H19ClFN5O2/c1-34-20-12-6-17(7-13-20)23(33)29-24-30-25-28-21(15-2-8-18(26)9-3-15)14-22(32(25)31-24)16-4-10-19(27)11-5-16/h2-13,22H,14H2,1H3,(H,29,31,33). The molecule has 0 fully saturated rings. The predicted octanol–water partition coefficient (Wildman–Crippen LogP) is 5.45. The summed E-state index contributed by atoms with van der Waals surface area (Å²) in [6.07, 6.45) is 0.509. The Balaban J connectivity index is 1.49. The van der Waals surface area contributed by atoms with E-state index in [2.05, 4.69) is 20.4 Å². The number of hydrogen-bond donors (Lipinski definition) is 1. The lowest BCUT2D eigenvalue weighted by Crippen LogP contribution is -2.21. The van der Waals surface area contributed by atoms with E-state index in [1.165, 1.54) is 12.1 Å². The van der Waals surface area contributed by atoms with E-state index in [-0.39, 0.29) is 23.7 Å². The first kappa shape index (κ1) is 21.8. The highest BCUT2D eigenvalue weighted by Gasteiger charge is 2.28. The molecule has 1 aliphatic heterocycles. The van der Waals surface area contributed by atoms with Crippen LogP contribution in [0.5, 0.6) is 5.75 Å². The second-order valence-electron chi connectivity index (χ2n) is 7.70. The van der Waals surface area contributed by atoms with Gasteiger partial charge in [0.1, 0.15) is 11.6 Å². The molecule has 0 aliphatic carbocycles. The summed E-state index contributed by atoms with van der Waals surface area (Å²) in [4.78, 5) is 21.8. The van der Waals surface area contributed by atoms with Gasteiger partial charge in [0.25, 0.3) is 17.8 Å². The number of aromatic nitrogens is 3. The van der Waals surface area contributed by atoms with Gasteiger partial charge in [0.15, 0.2) is 0 Å². The minimum Gasteiger partial charge on any atom is -0.497 e. The lowest BCUT2D eigenvalue weighted by Gasteiger charge is -2.23. The molecule has 1 unspecified atom stereocenters. The number of ether oxygens (including phenoxy) is 1. The maximum atomic E-state index is 13.6. The van der Waals surface area contributed by atoms with E-state index in [0.717, 1.165) is 16.8 Å². The second kappa shape index (κ2) is 9.07. The van der Waals surface area contributed by atoms with Crippen LogP contribution >= 0.6 is 11.6 Å². The summed E-state index contributed by atoms with van der Waals surface area (Å²) in [6.45, 7) is 0. The lowest BCUT2D eigenvalue weighted by atomic mass is 9.96. The van der Waals surface area contributed by atoms with Crippen molar-refractivity contribution in [3.63, 3.8) is 0 Å². The molecule has 4 aromatic rings. The van der Waals surface area contributed by atoms with Crippen LogP contribution in [0.4, 0.5) is 16.3 Å². The van der Waals surface area contributed by atoms with Crippen LogP contribution < -0.4 is 10.1 Å². The molecule has 1 atom stereocenters. The molecule has 34 heavy (non-hydrogen) atoms. The van der Waals surface area contributed by atoms with Gasteiger partial charge in [0, 0.05) is 17.0 Å². The van der Waals surface area contributed by atoms with E-state index in [1.54, 1.807) is 60.3 Å². The molecule has 3 aromatic carbocycles. The average Bonchev–Trinajstić information content (AvgIpc) is 3.27. The molecule has 9 heteroatoms. The number of rotatable bonds is 5. The molecule has 1 amide bonds. The average molecular weight is 476 g/mol. The molecule has 5 rings (SSSR count). The SMILES string of the molecule is COc1ccc(C(=O)Nc2nc3n(n2)C(c2ccc(F)cc2)CC(c2ccc(Cl)cc2)=N3)cc1. The van der Waals surface area contributed by atoms with Crippen LogP contribution in [0.2, 0.25) is 5.02 Å². The Labute approximate surface area is 199 Å². The van der Waals surface area contributed by atoms with Gasteiger partial charge >= 0.3 is 0 Å². The molecule has 1 aliphatic rings. The van der Waals surface area contributed by atoms with Gasteiger partial charge in [-0.05, 0) is 59.7 Å². The van der Waals surface area contributed by atoms with Crippen molar-refractivity contribution in [3.8, 4) is 5.75 Å². The number of amides is 1. The lowest BCUT2D eigenvalue weighted by molar-refractivity contribution is 0.102. The molecule has 7 nitrogen and oxygen atoms in total. The van der Waals surface area contributed by atoms with E-state index in [4.69, 9.17) is 16.3 Å². The summed E-state index contributed by atoms with van der Waals surface area (Å²) in [5, 5.41) is 7.85. The molecule has 0 bridgehead atoms. The van der Waals surface area contributed by atoms with Crippen molar-refractivity contribution in [2.45, 2.75) is 12.5 Å². The molecule has 0 spiro atoms. The van der Waals surface area contributed by atoms with Crippen molar-refractivity contribution < 1.29 is 13.9 Å². The van der Waals surface area contributed by atoms with Crippen molar-refractivity contribution in [3.05, 3.63) is 100 Å². The van der Waals surface area contributed by atoms with E-state index in [0.29, 0.717) is 28.7 Å². The maximum absolute atomic E-state index is 13.6. The fourth-order valence-corrected chi connectivity index (χ4v) is 3.90. The van der Waals surface area contributed by atoms with Crippen LogP contribution in [0.3, 0.4) is 0 Å². The molecule has 2 heterocycles. The van der Waals surface area contributed by atoms with E-state index < -0.39 is 0 Å². The highest BCUT2D eigenvalue weighted by atomic mass is 35.5. The Bertz CT molecular complexity index is 1370. The first-order valence-electron chi connectivity index (χ1n) is 10.5. The summed E-state index contributed by atoms with van der Waals surface area (Å²) >= 11 is 6.04. The maximum Gasteiger partial charge on any atom is 0.258 e. The summed E-state index contributed by atoms with van der Waals surface area (Å²) in [6, 6.07) is 20.1. The number of nitrogens with zero attached hydrogens (tertiary/aromatic N) is 4. The summed E-state index contributed by atoms with van der Waals surface area (Å²) in [5.41, 5.74) is 2.98. The first-order valence-corrected chi connectivity index (χ1v) is 10.9. The van der Waals surface area contributed by atoms with Gasteiger partial charge in [-0.2, -0.15) is 4.98 Å². The van der Waals surface area contributed by atoms with Crippen LogP contribution in [0.15, 0.2) is 77.8 Å². The largest absolute Gasteiger partial charge is 0.497 e. The highest BCUT2D eigenvalue weighted by molar-refractivity contribution is 6.30. The minimum absolute atomic E-state index is 0.129. The fourth-order valence-electron chi connectivity index (χ4n) is 3.77. The number of aliphatic imine (C=N–C) groups is 1. The van der Waals surface area contributed by atoms with Gasteiger partial charge in [-0.3, -0.25) is 10.1 Å². The molecule has 0 saturated carbocycles. The first-order chi connectivity index (χ1) is 16.5. The van der Waals surface area contributed by atoms with E-state index >= 15 is 0 Å². The van der Waals surface area contributed by atoms with Gasteiger partial charge in [-0.25, -0.2) is 14.1 Å². The Morgan fingerprint density at radius 1 is 1.06 bits per heavy atom. The normalized spacial score (nSPS) is 14.8. The summed E-state index contributed by atoms with van der Waals surface area (Å²) in [7, 11) is 1.56. The number of carbonyl (C=O) groups excluding carboxylic acids is 1. The van der Waals surface area contributed by atoms with Crippen LogP contribution in [0.1, 0.15) is 33.9 Å². The number of benzene rings is 3. The third kappa shape index (κ3) is 4.40. The topological polar surface area (TPSA) is 81.4 Å². The van der Waals surface area contributed by atoms with Gasteiger partial charge in [-0.15, -0.1) is 5.10 Å². The molecule has 0 saturated heterocycles. The van der Waals surface area contributed by atoms with Crippen LogP contribution in [0, 0.1) is 5.82 Å². The van der Waals surface area contributed by atoms with Crippen molar-refractivity contribution in [1.29, 1.82) is 0 Å². The number of hydrogen-bond acceptors (Lipinski definition) is 5. The predicted molar refractivity (Wildman–Crippen MR) is 128 cm³/mol. The van der Waals surface area contributed by atoms with Gasteiger partial charge < -0.3 is 4.74 Å². The monoisotopic (exact) mass is 475 g/mol. The Morgan fingerprint density at radius 3 is 2.44 bits per heavy atom. The molecule has 1 N–H and O–H groups in total. The minimum atomic E-state index is -0.356. The number of methoxy groups -OCH3 is 1. The van der Waals surface area contributed by atoms with Gasteiger partial charge in [0.05, 0.1) is 18.9 Å². The van der Waals surface area contributed by atoms with Crippen molar-refractivity contribution in [1.82, 2.24) is 14.8 Å². The summed E-state index contributed by atoms with van der Waals surface area (Å²) in [5.74, 6) is 0.446. The van der Waals surface area contributed by atoms with E-state index in [9.17, 15) is 9.18 Å². The fraction of sp³-hybridized carbons (Fsp3) is 0.120. The van der Waals surface area contributed by atoms with E-state index in [1.807, 2.05) is 12.1 Å². The molecule has 1 aromatic heterocycles. The van der Waals surface area contributed by atoms with Crippen LogP contribution in [0.25, 0.3) is 0 Å². The Kier molecular flexibility index (Phi) is 5.81. The highest BCUT2D eigenvalue weighted by Crippen LogP contribution is 2.34. The quantitative estimate of drug-likeness (QED) is 0.416. The second-order valence-corrected chi connectivity index (χ2v) is 8.14. The van der Waals surface area contributed by atoms with Gasteiger partial charge in [-0.1, -0.05) is 35.9 Å². The molecule has 170 valence electrons. The number of halogens is 2. The Hall–Kier alpha value is -4.04. The zero-order valence-corrected chi connectivity index (χ0v) is 18.8. The molecule has 0 radical (unpaired) electrons. The van der Waals surface area contributed by atoms with Gasteiger partial charge in [0.2, 0.25) is 0 Å². The number of carbonyl (C=O) groups is 1. The third-order valence-electron chi connectivity index (χ3n) is 5.54.